The Morgan fingerprint density at radius 2 is 2.00 bits per heavy atom. The monoisotopic (exact) mass is 264 g/mol. The first-order chi connectivity index (χ1) is 9.22. The zero-order chi connectivity index (χ0) is 13.7. The number of carbonyl (C=O) groups is 1. The lowest BCUT2D eigenvalue weighted by Gasteiger charge is -2.27. The molecule has 0 saturated heterocycles. The van der Waals surface area contributed by atoms with E-state index in [1.54, 1.807) is 18.2 Å². The van der Waals surface area contributed by atoms with Gasteiger partial charge in [-0.05, 0) is 31.9 Å². The second-order valence-corrected chi connectivity index (χ2v) is 4.98. The number of amides is 2. The molecule has 4 heteroatoms. The number of anilines is 1. The van der Waals surface area contributed by atoms with Crippen LogP contribution in [0.3, 0.4) is 0 Å². The van der Waals surface area contributed by atoms with E-state index < -0.39 is 0 Å². The summed E-state index contributed by atoms with van der Waals surface area (Å²) in [7, 11) is 0. The third-order valence-corrected chi connectivity index (χ3v) is 3.64. The van der Waals surface area contributed by atoms with E-state index in [-0.39, 0.29) is 17.9 Å². The van der Waals surface area contributed by atoms with Gasteiger partial charge in [0.05, 0.1) is 5.69 Å². The van der Waals surface area contributed by atoms with Gasteiger partial charge in [0.2, 0.25) is 0 Å². The fourth-order valence-corrected chi connectivity index (χ4v) is 2.59. The molecule has 0 heterocycles. The lowest BCUT2D eigenvalue weighted by atomic mass is 9.96. The summed E-state index contributed by atoms with van der Waals surface area (Å²) in [5.74, 6) is -0.358. The van der Waals surface area contributed by atoms with Crippen molar-refractivity contribution in [2.24, 2.45) is 0 Å². The maximum Gasteiger partial charge on any atom is 0.322 e. The molecule has 1 aliphatic rings. The molecule has 0 aromatic heterocycles. The van der Waals surface area contributed by atoms with Crippen molar-refractivity contribution < 1.29 is 9.18 Å². The highest BCUT2D eigenvalue weighted by Gasteiger charge is 2.21. The summed E-state index contributed by atoms with van der Waals surface area (Å²) in [6.07, 6.45) is 5.63. The van der Waals surface area contributed by atoms with E-state index in [4.69, 9.17) is 0 Å². The maximum atomic E-state index is 13.7. The molecule has 1 saturated carbocycles. The summed E-state index contributed by atoms with van der Waals surface area (Å²) in [5.41, 5.74) is 0.346. The molecular formula is C15H21FN2O. The first-order valence-corrected chi connectivity index (χ1v) is 7.05. The molecule has 1 aromatic rings. The zero-order valence-electron chi connectivity index (χ0n) is 11.4. The van der Waals surface area contributed by atoms with Crippen LogP contribution in [0, 0.1) is 5.82 Å². The second kappa shape index (κ2) is 6.55. The number of benzene rings is 1. The van der Waals surface area contributed by atoms with E-state index in [9.17, 15) is 9.18 Å². The van der Waals surface area contributed by atoms with E-state index in [0.717, 1.165) is 25.7 Å². The van der Waals surface area contributed by atoms with Crippen LogP contribution in [-0.4, -0.2) is 18.6 Å². The molecule has 0 spiro atoms. The van der Waals surface area contributed by atoms with Crippen LogP contribution in [0.2, 0.25) is 0 Å². The number of para-hydroxylation sites is 1. The Morgan fingerprint density at radius 1 is 1.32 bits per heavy atom. The molecule has 0 atom stereocenters. The molecule has 0 aliphatic heterocycles. The predicted molar refractivity (Wildman–Crippen MR) is 74.8 cm³/mol. The van der Waals surface area contributed by atoms with E-state index in [1.165, 1.54) is 17.4 Å². The average molecular weight is 264 g/mol. The van der Waals surface area contributed by atoms with Crippen molar-refractivity contribution in [3.63, 3.8) is 0 Å². The number of halogens is 1. The third kappa shape index (κ3) is 3.46. The SMILES string of the molecule is CCN(C(=O)NC1CCCCC1)c1ccccc1F. The van der Waals surface area contributed by atoms with Crippen molar-refractivity contribution in [1.29, 1.82) is 0 Å². The Kier molecular flexibility index (Phi) is 4.77. The molecule has 0 bridgehead atoms. The fourth-order valence-electron chi connectivity index (χ4n) is 2.59. The van der Waals surface area contributed by atoms with Gasteiger partial charge < -0.3 is 5.32 Å². The van der Waals surface area contributed by atoms with E-state index in [2.05, 4.69) is 5.32 Å². The normalized spacial score (nSPS) is 16.1. The smallest absolute Gasteiger partial charge is 0.322 e. The van der Waals surface area contributed by atoms with E-state index >= 15 is 0 Å². The summed E-state index contributed by atoms with van der Waals surface area (Å²) < 4.78 is 13.7. The quantitative estimate of drug-likeness (QED) is 0.887. The average Bonchev–Trinajstić information content (AvgIpc) is 2.43. The van der Waals surface area contributed by atoms with Crippen LogP contribution >= 0.6 is 0 Å². The summed E-state index contributed by atoms with van der Waals surface area (Å²) in [6, 6.07) is 6.44. The van der Waals surface area contributed by atoms with E-state index in [1.807, 2.05) is 6.92 Å². The van der Waals surface area contributed by atoms with Crippen LogP contribution in [0.4, 0.5) is 14.9 Å². The molecule has 104 valence electrons. The molecule has 1 N–H and O–H groups in total. The van der Waals surface area contributed by atoms with Crippen LogP contribution < -0.4 is 10.2 Å². The first kappa shape index (κ1) is 13.8. The van der Waals surface area contributed by atoms with Gasteiger partial charge in [0.25, 0.3) is 0 Å². The minimum atomic E-state index is -0.358. The van der Waals surface area contributed by atoms with Crippen LogP contribution in [0.5, 0.6) is 0 Å². The first-order valence-electron chi connectivity index (χ1n) is 7.05. The van der Waals surface area contributed by atoms with Gasteiger partial charge in [0.15, 0.2) is 0 Å². The molecule has 1 fully saturated rings. The standard InChI is InChI=1S/C15H21FN2O/c1-2-18(14-11-7-6-10-13(14)16)15(19)17-12-8-4-3-5-9-12/h6-7,10-12H,2-5,8-9H2,1H3,(H,17,19). The molecule has 1 aliphatic carbocycles. The van der Waals surface area contributed by atoms with E-state index in [0.29, 0.717) is 12.2 Å². The maximum absolute atomic E-state index is 13.7. The van der Waals surface area contributed by atoms with Gasteiger partial charge in [-0.25, -0.2) is 9.18 Å². The number of hydrogen-bond acceptors (Lipinski definition) is 1. The predicted octanol–water partition coefficient (Wildman–Crippen LogP) is 3.69. The molecule has 2 amide bonds. The van der Waals surface area contributed by atoms with Crippen molar-refractivity contribution in [1.82, 2.24) is 5.32 Å². The van der Waals surface area contributed by atoms with Gasteiger partial charge >= 0.3 is 6.03 Å². The highest BCUT2D eigenvalue weighted by molar-refractivity contribution is 5.92. The lowest BCUT2D eigenvalue weighted by molar-refractivity contribution is 0.238. The van der Waals surface area contributed by atoms with Crippen LogP contribution in [0.1, 0.15) is 39.0 Å². The molecule has 19 heavy (non-hydrogen) atoms. The number of carbonyl (C=O) groups excluding carboxylic acids is 1. The largest absolute Gasteiger partial charge is 0.335 e. The molecule has 2 rings (SSSR count). The minimum Gasteiger partial charge on any atom is -0.335 e. The van der Waals surface area contributed by atoms with Crippen LogP contribution in [-0.2, 0) is 0 Å². The summed E-state index contributed by atoms with van der Waals surface area (Å²) in [5, 5.41) is 3.02. The highest BCUT2D eigenvalue weighted by Crippen LogP contribution is 2.21. The van der Waals surface area contributed by atoms with Gasteiger partial charge in [-0.3, -0.25) is 4.90 Å². The topological polar surface area (TPSA) is 32.3 Å². The Morgan fingerprint density at radius 3 is 2.63 bits per heavy atom. The summed E-state index contributed by atoms with van der Waals surface area (Å²) in [6.45, 7) is 2.31. The van der Waals surface area contributed by atoms with Crippen LogP contribution in [0.25, 0.3) is 0 Å². The van der Waals surface area contributed by atoms with Gasteiger partial charge in [0.1, 0.15) is 5.82 Å². The molecule has 3 nitrogen and oxygen atoms in total. The molecular weight excluding hydrogens is 243 g/mol. The number of nitrogens with zero attached hydrogens (tertiary/aromatic N) is 1. The van der Waals surface area contributed by atoms with Gasteiger partial charge in [-0.15, -0.1) is 0 Å². The van der Waals surface area contributed by atoms with Crippen molar-refractivity contribution in [2.45, 2.75) is 45.1 Å². The lowest BCUT2D eigenvalue weighted by Crippen LogP contribution is -2.45. The number of hydrogen-bond donors (Lipinski definition) is 1. The highest BCUT2D eigenvalue weighted by atomic mass is 19.1. The number of nitrogens with one attached hydrogen (secondary N) is 1. The van der Waals surface area contributed by atoms with Gasteiger partial charge in [0, 0.05) is 12.6 Å². The molecule has 1 aromatic carbocycles. The van der Waals surface area contributed by atoms with Crippen LogP contribution in [0.15, 0.2) is 24.3 Å². The van der Waals surface area contributed by atoms with Gasteiger partial charge in [-0.2, -0.15) is 0 Å². The Bertz CT molecular complexity index is 430. The molecule has 0 unspecified atom stereocenters. The fraction of sp³-hybridized carbons (Fsp3) is 0.533. The van der Waals surface area contributed by atoms with Gasteiger partial charge in [-0.1, -0.05) is 31.4 Å². The Balaban J connectivity index is 2.04. The minimum absolute atomic E-state index is 0.195. The zero-order valence-corrected chi connectivity index (χ0v) is 11.4. The summed E-state index contributed by atoms with van der Waals surface area (Å²) in [4.78, 5) is 13.7. The van der Waals surface area contributed by atoms with Crippen molar-refractivity contribution in [3.8, 4) is 0 Å². The summed E-state index contributed by atoms with van der Waals surface area (Å²) >= 11 is 0. The van der Waals surface area contributed by atoms with Crippen molar-refractivity contribution in [3.05, 3.63) is 30.1 Å². The second-order valence-electron chi connectivity index (χ2n) is 4.98. The molecule has 0 radical (unpaired) electrons. The van der Waals surface area contributed by atoms with Crippen molar-refractivity contribution in [2.75, 3.05) is 11.4 Å². The Labute approximate surface area is 113 Å². The van der Waals surface area contributed by atoms with Crippen molar-refractivity contribution >= 4 is 11.7 Å². The third-order valence-electron chi connectivity index (χ3n) is 3.64. The number of urea groups is 1. The number of rotatable bonds is 3. The Hall–Kier alpha value is -1.58.